The lowest BCUT2D eigenvalue weighted by Crippen LogP contribution is -2.23. The second-order valence-corrected chi connectivity index (χ2v) is 4.85. The van der Waals surface area contributed by atoms with E-state index in [2.05, 4.69) is 5.32 Å². The van der Waals surface area contributed by atoms with Crippen molar-refractivity contribution in [3.8, 4) is 0 Å². The minimum Gasteiger partial charge on any atom is -0.398 e. The summed E-state index contributed by atoms with van der Waals surface area (Å²) in [4.78, 5) is 0.977. The Hall–Kier alpha value is -0.740. The van der Waals surface area contributed by atoms with Crippen LogP contribution < -0.4 is 11.1 Å². The Labute approximate surface area is 93.4 Å². The van der Waals surface area contributed by atoms with E-state index in [4.69, 9.17) is 5.73 Å². The van der Waals surface area contributed by atoms with E-state index in [-0.39, 0.29) is 5.82 Å². The summed E-state index contributed by atoms with van der Waals surface area (Å²) in [7, 11) is 0. The van der Waals surface area contributed by atoms with Gasteiger partial charge in [0.25, 0.3) is 0 Å². The molecule has 1 aliphatic rings. The average molecular weight is 226 g/mol. The van der Waals surface area contributed by atoms with Crippen LogP contribution >= 0.6 is 11.8 Å². The third-order valence-corrected chi connectivity index (χ3v) is 3.83. The number of nitrogens with two attached hydrogens (primary N) is 1. The van der Waals surface area contributed by atoms with E-state index in [1.807, 2.05) is 0 Å². The van der Waals surface area contributed by atoms with E-state index >= 15 is 0 Å². The van der Waals surface area contributed by atoms with E-state index in [0.717, 1.165) is 17.2 Å². The molecule has 1 aromatic carbocycles. The topological polar surface area (TPSA) is 38.0 Å². The molecule has 0 saturated carbocycles. The first kappa shape index (κ1) is 10.8. The molecule has 1 heterocycles. The summed E-state index contributed by atoms with van der Waals surface area (Å²) in [5.41, 5.74) is 6.26. The zero-order valence-electron chi connectivity index (χ0n) is 8.50. The number of hydrogen-bond donors (Lipinski definition) is 2. The Morgan fingerprint density at radius 2 is 2.40 bits per heavy atom. The Morgan fingerprint density at radius 1 is 1.53 bits per heavy atom. The van der Waals surface area contributed by atoms with Gasteiger partial charge >= 0.3 is 0 Å². The van der Waals surface area contributed by atoms with Gasteiger partial charge in [0.1, 0.15) is 5.82 Å². The predicted molar refractivity (Wildman–Crippen MR) is 62.6 cm³/mol. The highest BCUT2D eigenvalue weighted by molar-refractivity contribution is 7.99. The minimum atomic E-state index is -0.268. The molecule has 0 aromatic heterocycles. The van der Waals surface area contributed by atoms with Crippen LogP contribution in [-0.2, 0) is 0 Å². The van der Waals surface area contributed by atoms with Crippen LogP contribution in [0.15, 0.2) is 23.1 Å². The molecule has 4 heteroatoms. The highest BCUT2D eigenvalue weighted by atomic mass is 32.2. The van der Waals surface area contributed by atoms with E-state index in [1.165, 1.54) is 25.0 Å². The minimum absolute atomic E-state index is 0.268. The van der Waals surface area contributed by atoms with Gasteiger partial charge in [0.05, 0.1) is 0 Å². The smallest absolute Gasteiger partial charge is 0.125 e. The quantitative estimate of drug-likeness (QED) is 0.613. The predicted octanol–water partition coefficient (Wildman–Crippen LogP) is 2.25. The Kier molecular flexibility index (Phi) is 3.49. The second-order valence-electron chi connectivity index (χ2n) is 3.79. The SMILES string of the molecule is Nc1cc(F)ccc1SCC1CCCN1. The highest BCUT2D eigenvalue weighted by Gasteiger charge is 2.14. The molecule has 1 unspecified atom stereocenters. The normalized spacial score (nSPS) is 20.7. The van der Waals surface area contributed by atoms with Crippen LogP contribution in [0.5, 0.6) is 0 Å². The summed E-state index contributed by atoms with van der Waals surface area (Å²) in [6.45, 7) is 1.12. The van der Waals surface area contributed by atoms with Gasteiger partial charge in [-0.2, -0.15) is 0 Å². The van der Waals surface area contributed by atoms with Gasteiger partial charge in [-0.25, -0.2) is 4.39 Å². The number of nitrogens with one attached hydrogen (secondary N) is 1. The van der Waals surface area contributed by atoms with Gasteiger partial charge in [-0.15, -0.1) is 11.8 Å². The first-order chi connectivity index (χ1) is 7.25. The van der Waals surface area contributed by atoms with Crippen molar-refractivity contribution >= 4 is 17.4 Å². The fraction of sp³-hybridized carbons (Fsp3) is 0.455. The lowest BCUT2D eigenvalue weighted by Gasteiger charge is -2.10. The van der Waals surface area contributed by atoms with Crippen molar-refractivity contribution in [2.75, 3.05) is 18.0 Å². The number of anilines is 1. The third kappa shape index (κ3) is 2.86. The summed E-state index contributed by atoms with van der Waals surface area (Å²) in [6.07, 6.45) is 2.48. The van der Waals surface area contributed by atoms with Crippen molar-refractivity contribution in [2.24, 2.45) is 0 Å². The van der Waals surface area contributed by atoms with Crippen LogP contribution in [0.2, 0.25) is 0 Å². The first-order valence-corrected chi connectivity index (χ1v) is 6.15. The molecular formula is C11H15FN2S. The molecule has 82 valence electrons. The number of halogens is 1. The van der Waals surface area contributed by atoms with Gasteiger partial charge in [-0.3, -0.25) is 0 Å². The molecule has 2 nitrogen and oxygen atoms in total. The van der Waals surface area contributed by atoms with Crippen LogP contribution in [0.1, 0.15) is 12.8 Å². The number of benzene rings is 1. The van der Waals surface area contributed by atoms with Gasteiger partial charge in [-0.05, 0) is 37.6 Å². The summed E-state index contributed by atoms with van der Waals surface area (Å²) >= 11 is 1.70. The number of rotatable bonds is 3. The van der Waals surface area contributed by atoms with Gasteiger partial charge in [-0.1, -0.05) is 0 Å². The van der Waals surface area contributed by atoms with Crippen LogP contribution in [0.3, 0.4) is 0 Å². The van der Waals surface area contributed by atoms with Crippen molar-refractivity contribution < 1.29 is 4.39 Å². The molecule has 3 N–H and O–H groups in total. The van der Waals surface area contributed by atoms with Gasteiger partial charge in [0.15, 0.2) is 0 Å². The van der Waals surface area contributed by atoms with E-state index in [9.17, 15) is 4.39 Å². The Balaban J connectivity index is 1.92. The lowest BCUT2D eigenvalue weighted by molar-refractivity contribution is 0.627. The number of nitrogen functional groups attached to an aromatic ring is 1. The van der Waals surface area contributed by atoms with Crippen LogP contribution in [-0.4, -0.2) is 18.3 Å². The van der Waals surface area contributed by atoms with E-state index < -0.39 is 0 Å². The van der Waals surface area contributed by atoms with Crippen molar-refractivity contribution in [3.05, 3.63) is 24.0 Å². The first-order valence-electron chi connectivity index (χ1n) is 5.17. The fourth-order valence-electron chi connectivity index (χ4n) is 1.74. The number of hydrogen-bond acceptors (Lipinski definition) is 3. The summed E-state index contributed by atoms with van der Waals surface area (Å²) in [5, 5.41) is 3.42. The van der Waals surface area contributed by atoms with Crippen molar-refractivity contribution in [1.82, 2.24) is 5.32 Å². The molecule has 15 heavy (non-hydrogen) atoms. The molecule has 0 amide bonds. The second kappa shape index (κ2) is 4.86. The van der Waals surface area contributed by atoms with Crippen molar-refractivity contribution in [1.29, 1.82) is 0 Å². The maximum absolute atomic E-state index is 12.8. The summed E-state index contributed by atoms with van der Waals surface area (Å²) < 4.78 is 12.8. The molecule has 2 rings (SSSR count). The van der Waals surface area contributed by atoms with E-state index in [0.29, 0.717) is 11.7 Å². The zero-order valence-corrected chi connectivity index (χ0v) is 9.32. The van der Waals surface area contributed by atoms with Crippen LogP contribution in [0, 0.1) is 5.82 Å². The largest absolute Gasteiger partial charge is 0.398 e. The molecule has 0 spiro atoms. The number of thioether (sulfide) groups is 1. The van der Waals surface area contributed by atoms with Gasteiger partial charge < -0.3 is 11.1 Å². The maximum Gasteiger partial charge on any atom is 0.125 e. The molecular weight excluding hydrogens is 211 g/mol. The van der Waals surface area contributed by atoms with E-state index in [1.54, 1.807) is 17.8 Å². The monoisotopic (exact) mass is 226 g/mol. The van der Waals surface area contributed by atoms with Crippen molar-refractivity contribution in [2.45, 2.75) is 23.8 Å². The summed E-state index contributed by atoms with van der Waals surface area (Å²) in [5.74, 6) is 0.742. The molecule has 1 aliphatic heterocycles. The lowest BCUT2D eigenvalue weighted by atomic mass is 10.3. The molecule has 1 aromatic rings. The molecule has 0 radical (unpaired) electrons. The highest BCUT2D eigenvalue weighted by Crippen LogP contribution is 2.27. The zero-order chi connectivity index (χ0) is 10.7. The Morgan fingerprint density at radius 3 is 3.07 bits per heavy atom. The molecule has 1 fully saturated rings. The molecule has 1 saturated heterocycles. The Bertz CT molecular complexity index is 337. The molecule has 0 aliphatic carbocycles. The summed E-state index contributed by atoms with van der Waals surface area (Å²) in [6, 6.07) is 5.18. The van der Waals surface area contributed by atoms with Crippen LogP contribution in [0.4, 0.5) is 10.1 Å². The molecule has 0 bridgehead atoms. The van der Waals surface area contributed by atoms with Crippen LogP contribution in [0.25, 0.3) is 0 Å². The van der Waals surface area contributed by atoms with Crippen molar-refractivity contribution in [3.63, 3.8) is 0 Å². The van der Waals surface area contributed by atoms with Gasteiger partial charge in [0.2, 0.25) is 0 Å². The fourth-order valence-corrected chi connectivity index (χ4v) is 2.80. The average Bonchev–Trinajstić information content (AvgIpc) is 2.69. The standard InChI is InChI=1S/C11H15FN2S/c12-8-3-4-11(10(13)6-8)15-7-9-2-1-5-14-9/h3-4,6,9,14H,1-2,5,7,13H2. The molecule has 1 atom stereocenters. The maximum atomic E-state index is 12.8. The van der Waals surface area contributed by atoms with Gasteiger partial charge in [0, 0.05) is 22.4 Å². The third-order valence-electron chi connectivity index (χ3n) is 2.57.